The molecule has 6 nitrogen and oxygen atoms in total. The predicted octanol–water partition coefficient (Wildman–Crippen LogP) is 4.95. The number of carbonyl (C=O) groups excluding carboxylic acids is 2. The first kappa shape index (κ1) is 19.4. The number of hydrogen-bond donors (Lipinski definition) is 3. The Bertz CT molecular complexity index is 1020. The maximum Gasteiger partial charge on any atom is 0.319 e. The molecule has 144 valence electrons. The van der Waals surface area contributed by atoms with Crippen LogP contribution in [-0.2, 0) is 6.54 Å². The van der Waals surface area contributed by atoms with E-state index in [9.17, 15) is 14.0 Å². The lowest BCUT2D eigenvalue weighted by Gasteiger charge is -2.11. The molecule has 0 fully saturated rings. The summed E-state index contributed by atoms with van der Waals surface area (Å²) in [4.78, 5) is 24.3. The zero-order chi connectivity index (χ0) is 20.1. The molecular weight excluding hydrogens is 385 g/mol. The summed E-state index contributed by atoms with van der Waals surface area (Å²) in [7, 11) is 0. The number of furan rings is 1. The molecule has 3 aromatic rings. The summed E-state index contributed by atoms with van der Waals surface area (Å²) >= 11 is 5.91. The Kier molecular flexibility index (Phi) is 5.96. The first-order chi connectivity index (χ1) is 13.4. The second-order valence-corrected chi connectivity index (χ2v) is 6.41. The van der Waals surface area contributed by atoms with E-state index in [1.165, 1.54) is 24.5 Å². The van der Waals surface area contributed by atoms with E-state index in [1.54, 1.807) is 25.1 Å². The molecule has 0 aliphatic carbocycles. The SMILES string of the molecule is Cc1occc1C(=O)Nc1cc(NC(=O)NCc2cccc(Cl)c2)ccc1F. The van der Waals surface area contributed by atoms with Crippen molar-refractivity contribution in [2.45, 2.75) is 13.5 Å². The van der Waals surface area contributed by atoms with Crippen molar-refractivity contribution in [3.8, 4) is 0 Å². The number of aryl methyl sites for hydroxylation is 1. The molecule has 1 aromatic heterocycles. The van der Waals surface area contributed by atoms with Crippen LogP contribution in [-0.4, -0.2) is 11.9 Å². The predicted molar refractivity (Wildman–Crippen MR) is 105 cm³/mol. The van der Waals surface area contributed by atoms with Gasteiger partial charge in [0.1, 0.15) is 11.6 Å². The number of benzene rings is 2. The van der Waals surface area contributed by atoms with Crippen LogP contribution >= 0.6 is 11.6 Å². The number of anilines is 2. The number of amides is 3. The van der Waals surface area contributed by atoms with Gasteiger partial charge in [0.15, 0.2) is 0 Å². The van der Waals surface area contributed by atoms with E-state index in [2.05, 4.69) is 16.0 Å². The van der Waals surface area contributed by atoms with Gasteiger partial charge in [0.25, 0.3) is 5.91 Å². The molecule has 0 unspecified atom stereocenters. The van der Waals surface area contributed by atoms with Crippen LogP contribution in [0.1, 0.15) is 21.7 Å². The fourth-order valence-corrected chi connectivity index (χ4v) is 2.73. The molecule has 8 heteroatoms. The molecule has 2 aromatic carbocycles. The quantitative estimate of drug-likeness (QED) is 0.565. The number of nitrogens with one attached hydrogen (secondary N) is 3. The van der Waals surface area contributed by atoms with E-state index < -0.39 is 17.8 Å². The van der Waals surface area contributed by atoms with Gasteiger partial charge in [0.2, 0.25) is 0 Å². The highest BCUT2D eigenvalue weighted by molar-refractivity contribution is 6.30. The van der Waals surface area contributed by atoms with Crippen LogP contribution in [0.15, 0.2) is 59.2 Å². The van der Waals surface area contributed by atoms with Crippen molar-refractivity contribution >= 4 is 34.9 Å². The smallest absolute Gasteiger partial charge is 0.319 e. The first-order valence-corrected chi connectivity index (χ1v) is 8.74. The van der Waals surface area contributed by atoms with E-state index in [-0.39, 0.29) is 12.2 Å². The summed E-state index contributed by atoms with van der Waals surface area (Å²) in [5, 5.41) is 8.32. The summed E-state index contributed by atoms with van der Waals surface area (Å²) in [5.74, 6) is -0.709. The highest BCUT2D eigenvalue weighted by Crippen LogP contribution is 2.21. The Labute approximate surface area is 165 Å². The molecule has 0 saturated heterocycles. The minimum absolute atomic E-state index is 0.0572. The molecule has 28 heavy (non-hydrogen) atoms. The average Bonchev–Trinajstić information content (AvgIpc) is 3.09. The lowest BCUT2D eigenvalue weighted by Crippen LogP contribution is -2.28. The lowest BCUT2D eigenvalue weighted by atomic mass is 10.2. The fraction of sp³-hybridized carbons (Fsp3) is 0.100. The van der Waals surface area contributed by atoms with E-state index in [0.717, 1.165) is 11.6 Å². The second-order valence-electron chi connectivity index (χ2n) is 5.98. The van der Waals surface area contributed by atoms with Gasteiger partial charge in [-0.3, -0.25) is 4.79 Å². The molecule has 0 spiro atoms. The number of rotatable bonds is 5. The van der Waals surface area contributed by atoms with Gasteiger partial charge < -0.3 is 20.4 Å². The van der Waals surface area contributed by atoms with Gasteiger partial charge in [-0.25, -0.2) is 9.18 Å². The summed E-state index contributed by atoms with van der Waals surface area (Å²) in [6, 6.07) is 12.0. The van der Waals surface area contributed by atoms with Crippen LogP contribution in [0.25, 0.3) is 0 Å². The van der Waals surface area contributed by atoms with Crippen molar-refractivity contribution in [1.29, 1.82) is 0 Å². The highest BCUT2D eigenvalue weighted by Gasteiger charge is 2.14. The average molecular weight is 402 g/mol. The molecule has 0 aliphatic heterocycles. The first-order valence-electron chi connectivity index (χ1n) is 8.36. The van der Waals surface area contributed by atoms with Crippen molar-refractivity contribution in [2.24, 2.45) is 0 Å². The molecule has 0 bridgehead atoms. The van der Waals surface area contributed by atoms with Crippen LogP contribution in [0.2, 0.25) is 5.02 Å². The van der Waals surface area contributed by atoms with Crippen molar-refractivity contribution in [3.05, 3.63) is 82.5 Å². The summed E-state index contributed by atoms with van der Waals surface area (Å²) < 4.78 is 19.1. The topological polar surface area (TPSA) is 83.4 Å². The van der Waals surface area contributed by atoms with E-state index in [4.69, 9.17) is 16.0 Å². The van der Waals surface area contributed by atoms with Gasteiger partial charge >= 0.3 is 6.03 Å². The molecule has 3 rings (SSSR count). The molecular formula is C20H17ClFN3O3. The van der Waals surface area contributed by atoms with Gasteiger partial charge in [-0.15, -0.1) is 0 Å². The van der Waals surface area contributed by atoms with Crippen molar-refractivity contribution in [2.75, 3.05) is 10.6 Å². The van der Waals surface area contributed by atoms with Crippen LogP contribution < -0.4 is 16.0 Å². The largest absolute Gasteiger partial charge is 0.469 e. The van der Waals surface area contributed by atoms with Crippen molar-refractivity contribution in [3.63, 3.8) is 0 Å². The van der Waals surface area contributed by atoms with Gasteiger partial charge in [-0.2, -0.15) is 0 Å². The summed E-state index contributed by atoms with van der Waals surface area (Å²) in [6.07, 6.45) is 1.38. The van der Waals surface area contributed by atoms with Gasteiger partial charge in [0.05, 0.1) is 17.5 Å². The summed E-state index contributed by atoms with van der Waals surface area (Å²) in [6.45, 7) is 1.91. The Morgan fingerprint density at radius 2 is 1.93 bits per heavy atom. The zero-order valence-corrected chi connectivity index (χ0v) is 15.6. The van der Waals surface area contributed by atoms with Crippen molar-refractivity contribution in [1.82, 2.24) is 5.32 Å². The second kappa shape index (κ2) is 8.58. The normalized spacial score (nSPS) is 10.4. The van der Waals surface area contributed by atoms with Gasteiger partial charge in [-0.1, -0.05) is 23.7 Å². The molecule has 0 saturated carbocycles. The van der Waals surface area contributed by atoms with Crippen LogP contribution in [0.5, 0.6) is 0 Å². The third-order valence-corrected chi connectivity index (χ3v) is 4.15. The van der Waals surface area contributed by atoms with Crippen LogP contribution in [0.4, 0.5) is 20.6 Å². The third-order valence-electron chi connectivity index (χ3n) is 3.92. The monoisotopic (exact) mass is 401 g/mol. The molecule has 3 N–H and O–H groups in total. The van der Waals surface area contributed by atoms with Gasteiger partial charge in [-0.05, 0) is 48.9 Å². The van der Waals surface area contributed by atoms with Crippen LogP contribution in [0.3, 0.4) is 0 Å². The maximum absolute atomic E-state index is 14.0. The standard InChI is InChI=1S/C20H17ClFN3O3/c1-12-16(7-8-28-12)19(26)25-18-10-15(5-6-17(18)22)24-20(27)23-11-13-3-2-4-14(21)9-13/h2-10H,11H2,1H3,(H,25,26)(H2,23,24,27). The van der Waals surface area contributed by atoms with E-state index in [0.29, 0.717) is 22.0 Å². The zero-order valence-electron chi connectivity index (χ0n) is 14.9. The van der Waals surface area contributed by atoms with Gasteiger partial charge in [0, 0.05) is 17.3 Å². The Balaban J connectivity index is 1.63. The van der Waals surface area contributed by atoms with Crippen molar-refractivity contribution < 1.29 is 18.4 Å². The molecule has 0 atom stereocenters. The number of hydrogen-bond acceptors (Lipinski definition) is 3. The third kappa shape index (κ3) is 4.89. The molecule has 0 aliphatic rings. The van der Waals surface area contributed by atoms with E-state index >= 15 is 0 Å². The minimum atomic E-state index is -0.626. The molecule has 1 heterocycles. The van der Waals surface area contributed by atoms with E-state index in [1.807, 2.05) is 6.07 Å². The number of halogens is 2. The molecule has 3 amide bonds. The summed E-state index contributed by atoms with van der Waals surface area (Å²) in [5.41, 5.74) is 1.41. The highest BCUT2D eigenvalue weighted by atomic mass is 35.5. The Hall–Kier alpha value is -3.32. The lowest BCUT2D eigenvalue weighted by molar-refractivity contribution is 0.102. The Morgan fingerprint density at radius 3 is 2.64 bits per heavy atom. The molecule has 0 radical (unpaired) electrons. The Morgan fingerprint density at radius 1 is 1.11 bits per heavy atom. The maximum atomic E-state index is 14.0. The number of urea groups is 1. The fourth-order valence-electron chi connectivity index (χ4n) is 2.51. The number of carbonyl (C=O) groups is 2. The minimum Gasteiger partial charge on any atom is -0.469 e. The van der Waals surface area contributed by atoms with Crippen LogP contribution in [0, 0.1) is 12.7 Å².